The Kier molecular flexibility index (Phi) is 2.81. The Bertz CT molecular complexity index is 422. The van der Waals surface area contributed by atoms with Gasteiger partial charge in [0.05, 0.1) is 7.11 Å². The summed E-state index contributed by atoms with van der Waals surface area (Å²) in [4.78, 5) is 11.3. The third-order valence-electron chi connectivity index (χ3n) is 2.27. The molecule has 0 fully saturated rings. The molecule has 0 aromatic heterocycles. The molecular formula is C12H12O4. The SMILES string of the molecule is COC(=O)C1=C(C)OC(c2ccccc2)O1. The molecule has 1 unspecified atom stereocenters. The number of allylic oxidation sites excluding steroid dienone is 1. The molecule has 0 amide bonds. The van der Waals surface area contributed by atoms with E-state index < -0.39 is 12.3 Å². The summed E-state index contributed by atoms with van der Waals surface area (Å²) in [5.41, 5.74) is 0.862. The van der Waals surface area contributed by atoms with Crippen LogP contribution in [0, 0.1) is 0 Å². The van der Waals surface area contributed by atoms with E-state index in [1.54, 1.807) is 6.92 Å². The van der Waals surface area contributed by atoms with Crippen molar-refractivity contribution in [3.05, 3.63) is 47.4 Å². The molecule has 0 aliphatic carbocycles. The van der Waals surface area contributed by atoms with E-state index in [-0.39, 0.29) is 5.76 Å². The molecular weight excluding hydrogens is 208 g/mol. The van der Waals surface area contributed by atoms with Crippen molar-refractivity contribution in [1.82, 2.24) is 0 Å². The van der Waals surface area contributed by atoms with Crippen LogP contribution in [0.5, 0.6) is 0 Å². The van der Waals surface area contributed by atoms with Crippen LogP contribution in [0.4, 0.5) is 0 Å². The lowest BCUT2D eigenvalue weighted by Gasteiger charge is -2.11. The number of hydrogen-bond donors (Lipinski definition) is 0. The smallest absolute Gasteiger partial charge is 0.377 e. The van der Waals surface area contributed by atoms with E-state index in [1.165, 1.54) is 7.11 Å². The molecule has 4 nitrogen and oxygen atoms in total. The summed E-state index contributed by atoms with van der Waals surface area (Å²) in [7, 11) is 1.31. The van der Waals surface area contributed by atoms with Gasteiger partial charge < -0.3 is 14.2 Å². The van der Waals surface area contributed by atoms with Gasteiger partial charge in [-0.3, -0.25) is 0 Å². The molecule has 84 valence electrons. The van der Waals surface area contributed by atoms with E-state index in [0.717, 1.165) is 5.56 Å². The monoisotopic (exact) mass is 220 g/mol. The number of benzene rings is 1. The normalized spacial score (nSPS) is 19.0. The van der Waals surface area contributed by atoms with Crippen molar-refractivity contribution in [3.8, 4) is 0 Å². The molecule has 4 heteroatoms. The van der Waals surface area contributed by atoms with Crippen molar-refractivity contribution in [2.75, 3.05) is 7.11 Å². The van der Waals surface area contributed by atoms with Gasteiger partial charge in [-0.15, -0.1) is 0 Å². The maximum absolute atomic E-state index is 11.3. The van der Waals surface area contributed by atoms with Crippen LogP contribution in [-0.2, 0) is 19.0 Å². The highest BCUT2D eigenvalue weighted by atomic mass is 16.7. The van der Waals surface area contributed by atoms with E-state index in [0.29, 0.717) is 5.76 Å². The third-order valence-corrected chi connectivity index (χ3v) is 2.27. The molecule has 0 bridgehead atoms. The highest BCUT2D eigenvalue weighted by Gasteiger charge is 2.30. The van der Waals surface area contributed by atoms with Gasteiger partial charge in [0.15, 0.2) is 0 Å². The molecule has 1 aromatic carbocycles. The van der Waals surface area contributed by atoms with E-state index in [1.807, 2.05) is 30.3 Å². The van der Waals surface area contributed by atoms with Crippen molar-refractivity contribution in [1.29, 1.82) is 0 Å². The highest BCUT2D eigenvalue weighted by molar-refractivity contribution is 5.86. The Morgan fingerprint density at radius 2 is 1.94 bits per heavy atom. The van der Waals surface area contributed by atoms with Gasteiger partial charge in [0.1, 0.15) is 5.76 Å². The quantitative estimate of drug-likeness (QED) is 0.716. The zero-order valence-electron chi connectivity index (χ0n) is 9.10. The lowest BCUT2D eigenvalue weighted by atomic mass is 10.2. The molecule has 0 saturated heterocycles. The number of carbonyl (C=O) groups excluding carboxylic acids is 1. The average Bonchev–Trinajstić information content (AvgIpc) is 2.71. The Balaban J connectivity index is 2.15. The Labute approximate surface area is 93.4 Å². The van der Waals surface area contributed by atoms with Gasteiger partial charge in [-0.1, -0.05) is 30.3 Å². The molecule has 0 N–H and O–H groups in total. The summed E-state index contributed by atoms with van der Waals surface area (Å²) in [5.74, 6) is 0.0630. The van der Waals surface area contributed by atoms with Crippen molar-refractivity contribution in [3.63, 3.8) is 0 Å². The predicted octanol–water partition coefficient (Wildman–Crippen LogP) is 2.14. The van der Waals surface area contributed by atoms with Crippen LogP contribution < -0.4 is 0 Å². The molecule has 1 atom stereocenters. The first kappa shape index (κ1) is 10.5. The number of methoxy groups -OCH3 is 1. The highest BCUT2D eigenvalue weighted by Crippen LogP contribution is 2.33. The van der Waals surface area contributed by atoms with Gasteiger partial charge in [0, 0.05) is 5.56 Å². The lowest BCUT2D eigenvalue weighted by molar-refractivity contribution is -0.142. The molecule has 16 heavy (non-hydrogen) atoms. The summed E-state index contributed by atoms with van der Waals surface area (Å²) in [6.07, 6.45) is -0.560. The second-order valence-corrected chi connectivity index (χ2v) is 3.36. The number of ether oxygens (including phenoxy) is 3. The molecule has 1 aliphatic rings. The summed E-state index contributed by atoms with van der Waals surface area (Å²) in [6, 6.07) is 9.41. The topological polar surface area (TPSA) is 44.8 Å². The van der Waals surface area contributed by atoms with Crippen LogP contribution in [0.1, 0.15) is 18.8 Å². The molecule has 1 aromatic rings. The Morgan fingerprint density at radius 1 is 1.25 bits per heavy atom. The molecule has 1 aliphatic heterocycles. The standard InChI is InChI=1S/C12H12O4/c1-8-10(11(13)14-2)16-12(15-8)9-6-4-3-5-7-9/h3-7,12H,1-2H3. The van der Waals surface area contributed by atoms with Crippen LogP contribution in [0.25, 0.3) is 0 Å². The van der Waals surface area contributed by atoms with Gasteiger partial charge in [0.25, 0.3) is 6.29 Å². The van der Waals surface area contributed by atoms with Gasteiger partial charge in [0.2, 0.25) is 5.76 Å². The molecule has 2 rings (SSSR count). The number of hydrogen-bond acceptors (Lipinski definition) is 4. The Morgan fingerprint density at radius 3 is 2.56 bits per heavy atom. The second kappa shape index (κ2) is 4.26. The predicted molar refractivity (Wildman–Crippen MR) is 56.1 cm³/mol. The average molecular weight is 220 g/mol. The summed E-state index contributed by atoms with van der Waals surface area (Å²) < 4.78 is 15.4. The number of rotatable bonds is 2. The minimum Gasteiger partial charge on any atom is -0.463 e. The van der Waals surface area contributed by atoms with Crippen molar-refractivity contribution in [2.45, 2.75) is 13.2 Å². The maximum atomic E-state index is 11.3. The van der Waals surface area contributed by atoms with Crippen molar-refractivity contribution < 1.29 is 19.0 Å². The van der Waals surface area contributed by atoms with Crippen molar-refractivity contribution in [2.24, 2.45) is 0 Å². The first-order chi connectivity index (χ1) is 7.72. The van der Waals surface area contributed by atoms with Crippen molar-refractivity contribution >= 4 is 5.97 Å². The minimum absolute atomic E-state index is 0.136. The zero-order chi connectivity index (χ0) is 11.5. The number of esters is 1. The maximum Gasteiger partial charge on any atom is 0.377 e. The van der Waals surface area contributed by atoms with Crippen LogP contribution in [-0.4, -0.2) is 13.1 Å². The summed E-state index contributed by atoms with van der Waals surface area (Å²) in [6.45, 7) is 1.68. The lowest BCUT2D eigenvalue weighted by Crippen LogP contribution is -2.07. The van der Waals surface area contributed by atoms with Crippen LogP contribution in [0.2, 0.25) is 0 Å². The fourth-order valence-corrected chi connectivity index (χ4v) is 1.46. The first-order valence-electron chi connectivity index (χ1n) is 4.90. The van der Waals surface area contributed by atoms with Crippen LogP contribution in [0.15, 0.2) is 41.9 Å². The van der Waals surface area contributed by atoms with E-state index in [4.69, 9.17) is 9.47 Å². The minimum atomic E-state index is -0.560. The summed E-state index contributed by atoms with van der Waals surface area (Å²) in [5, 5.41) is 0. The van der Waals surface area contributed by atoms with Crippen LogP contribution in [0.3, 0.4) is 0 Å². The van der Waals surface area contributed by atoms with Gasteiger partial charge >= 0.3 is 5.97 Å². The van der Waals surface area contributed by atoms with Crippen LogP contribution >= 0.6 is 0 Å². The molecule has 0 spiro atoms. The fourth-order valence-electron chi connectivity index (χ4n) is 1.46. The third kappa shape index (κ3) is 1.86. The summed E-state index contributed by atoms with van der Waals surface area (Å²) >= 11 is 0. The second-order valence-electron chi connectivity index (χ2n) is 3.36. The Hall–Kier alpha value is -1.97. The van der Waals surface area contributed by atoms with E-state index >= 15 is 0 Å². The van der Waals surface area contributed by atoms with Gasteiger partial charge in [-0.2, -0.15) is 0 Å². The largest absolute Gasteiger partial charge is 0.463 e. The zero-order valence-corrected chi connectivity index (χ0v) is 9.10. The first-order valence-corrected chi connectivity index (χ1v) is 4.90. The van der Waals surface area contributed by atoms with Gasteiger partial charge in [-0.05, 0) is 6.92 Å². The number of carbonyl (C=O) groups is 1. The van der Waals surface area contributed by atoms with Gasteiger partial charge in [-0.25, -0.2) is 4.79 Å². The molecule has 0 saturated carbocycles. The molecule has 1 heterocycles. The van der Waals surface area contributed by atoms with E-state index in [2.05, 4.69) is 4.74 Å². The fraction of sp³-hybridized carbons (Fsp3) is 0.250. The van der Waals surface area contributed by atoms with E-state index in [9.17, 15) is 4.79 Å². The molecule has 0 radical (unpaired) electrons.